The summed E-state index contributed by atoms with van der Waals surface area (Å²) in [4.78, 5) is 31.4. The number of halogens is 3. The second kappa shape index (κ2) is 9.54. The number of para-hydroxylation sites is 1. The summed E-state index contributed by atoms with van der Waals surface area (Å²) >= 11 is 0. The Balaban J connectivity index is 2.71. The zero-order chi connectivity index (χ0) is 24.1. The van der Waals surface area contributed by atoms with Gasteiger partial charge < -0.3 is 20.5 Å². The summed E-state index contributed by atoms with van der Waals surface area (Å²) in [6.45, 7) is -1.67. The number of primary amides is 1. The summed E-state index contributed by atoms with van der Waals surface area (Å²) in [6.07, 6.45) is -4.72. The van der Waals surface area contributed by atoms with E-state index in [9.17, 15) is 31.2 Å². The first-order chi connectivity index (χ1) is 14.9. The lowest BCUT2D eigenvalue weighted by molar-refractivity contribution is -0.123. The Morgan fingerprint density at radius 3 is 2.19 bits per heavy atom. The number of methoxy groups -OCH3 is 2. The van der Waals surface area contributed by atoms with Gasteiger partial charge in [0, 0.05) is 0 Å². The first kappa shape index (κ1) is 24.4. The van der Waals surface area contributed by atoms with Crippen molar-refractivity contribution in [2.75, 3.05) is 25.1 Å². The monoisotopic (exact) mass is 478 g/mol. The van der Waals surface area contributed by atoms with Gasteiger partial charge in [0.15, 0.2) is 0 Å². The van der Waals surface area contributed by atoms with Crippen LogP contribution in [0.15, 0.2) is 30.3 Å². The van der Waals surface area contributed by atoms with Crippen LogP contribution in [0.1, 0.15) is 10.4 Å². The minimum atomic E-state index is -4.91. The number of ether oxygens (including phenoxy) is 2. The molecule has 0 aliphatic heterocycles. The third kappa shape index (κ3) is 6.10. The summed E-state index contributed by atoms with van der Waals surface area (Å²) < 4.78 is 75.0. The molecular formula is C16H17F3N6O6S. The number of aromatic nitrogens is 2. The molecule has 3 amide bonds. The Labute approximate surface area is 179 Å². The quantitative estimate of drug-likeness (QED) is 0.502. The van der Waals surface area contributed by atoms with Crippen molar-refractivity contribution in [3.63, 3.8) is 0 Å². The van der Waals surface area contributed by atoms with E-state index in [1.807, 2.05) is 0 Å². The summed E-state index contributed by atoms with van der Waals surface area (Å²) in [6, 6.07) is 4.44. The lowest BCUT2D eigenvalue weighted by Crippen LogP contribution is -2.45. The number of nitrogens with two attached hydrogens (primary N) is 1. The maximum Gasteiger partial charge on any atom is 0.405 e. The standard InChI is InChI=1S/C16H17F3N6O6S/c1-30-11-7-12(31-2)23-15(22-11)25(32(28,29)24-14(20)27)10-6-4-3-5-9(10)13(26)21-8-16(17,18)19/h3-7H,8H2,1-2H3,(H,21,26)(H3,20,24,27). The van der Waals surface area contributed by atoms with Crippen molar-refractivity contribution in [1.29, 1.82) is 0 Å². The number of nitrogens with zero attached hydrogens (tertiary/aromatic N) is 3. The van der Waals surface area contributed by atoms with Gasteiger partial charge in [0.05, 0.1) is 31.5 Å². The van der Waals surface area contributed by atoms with Gasteiger partial charge in [-0.3, -0.25) is 4.79 Å². The van der Waals surface area contributed by atoms with E-state index in [0.29, 0.717) is 4.31 Å². The number of urea groups is 1. The molecule has 0 bridgehead atoms. The number of hydrogen-bond donors (Lipinski definition) is 3. The molecule has 0 fully saturated rings. The van der Waals surface area contributed by atoms with E-state index in [1.165, 1.54) is 37.1 Å². The van der Waals surface area contributed by atoms with Crippen LogP contribution in [0, 0.1) is 0 Å². The molecule has 0 radical (unpaired) electrons. The Morgan fingerprint density at radius 1 is 1.12 bits per heavy atom. The van der Waals surface area contributed by atoms with Gasteiger partial charge in [-0.2, -0.15) is 35.9 Å². The molecule has 16 heteroatoms. The van der Waals surface area contributed by atoms with Crippen molar-refractivity contribution in [3.05, 3.63) is 35.9 Å². The molecule has 1 heterocycles. The number of nitrogens with one attached hydrogen (secondary N) is 2. The number of hydrogen-bond acceptors (Lipinski definition) is 8. The largest absolute Gasteiger partial charge is 0.481 e. The molecule has 0 saturated heterocycles. The van der Waals surface area contributed by atoms with Crippen molar-refractivity contribution >= 4 is 33.8 Å². The second-order valence-corrected chi connectivity index (χ2v) is 7.32. The zero-order valence-electron chi connectivity index (χ0n) is 16.5. The third-order valence-corrected chi connectivity index (χ3v) is 4.85. The normalized spacial score (nSPS) is 11.4. The fraction of sp³-hybridized carbons (Fsp3) is 0.250. The summed E-state index contributed by atoms with van der Waals surface area (Å²) in [5.41, 5.74) is 3.94. The van der Waals surface area contributed by atoms with E-state index < -0.39 is 52.1 Å². The Morgan fingerprint density at radius 2 is 1.69 bits per heavy atom. The van der Waals surface area contributed by atoms with E-state index in [0.717, 1.165) is 12.1 Å². The Hall–Kier alpha value is -3.82. The van der Waals surface area contributed by atoms with Crippen molar-refractivity contribution in [1.82, 2.24) is 20.0 Å². The number of rotatable bonds is 8. The van der Waals surface area contributed by atoms with Crippen LogP contribution in [0.4, 0.5) is 29.6 Å². The van der Waals surface area contributed by atoms with E-state index in [4.69, 9.17) is 15.2 Å². The molecule has 0 aliphatic rings. The van der Waals surface area contributed by atoms with Gasteiger partial charge in [-0.05, 0) is 12.1 Å². The van der Waals surface area contributed by atoms with Crippen LogP contribution in [0.3, 0.4) is 0 Å². The van der Waals surface area contributed by atoms with Crippen LogP contribution in [-0.4, -0.2) is 57.3 Å². The first-order valence-corrected chi connectivity index (χ1v) is 9.85. The number of carbonyl (C=O) groups excluding carboxylic acids is 2. The number of alkyl halides is 3. The van der Waals surface area contributed by atoms with Crippen LogP contribution in [0.25, 0.3) is 0 Å². The van der Waals surface area contributed by atoms with Gasteiger partial charge in [-0.25, -0.2) is 9.52 Å². The molecule has 0 unspecified atom stereocenters. The molecule has 2 aromatic rings. The van der Waals surface area contributed by atoms with Gasteiger partial charge in [0.25, 0.3) is 11.9 Å². The lowest BCUT2D eigenvalue weighted by atomic mass is 10.1. The van der Waals surface area contributed by atoms with Gasteiger partial charge in [-0.15, -0.1) is 0 Å². The maximum atomic E-state index is 12.9. The Bertz CT molecular complexity index is 1090. The molecule has 4 N–H and O–H groups in total. The maximum absolute atomic E-state index is 12.9. The van der Waals surface area contributed by atoms with Crippen molar-refractivity contribution in [2.24, 2.45) is 5.73 Å². The molecule has 174 valence electrons. The number of anilines is 2. The number of benzene rings is 1. The molecule has 0 spiro atoms. The first-order valence-electron chi connectivity index (χ1n) is 8.41. The van der Waals surface area contributed by atoms with Crippen molar-refractivity contribution in [3.8, 4) is 11.8 Å². The highest BCUT2D eigenvalue weighted by Crippen LogP contribution is 2.31. The van der Waals surface area contributed by atoms with Gasteiger partial charge in [0.2, 0.25) is 11.8 Å². The number of amides is 3. The minimum Gasteiger partial charge on any atom is -0.481 e. The Kier molecular flexibility index (Phi) is 7.29. The highest BCUT2D eigenvalue weighted by atomic mass is 32.2. The fourth-order valence-electron chi connectivity index (χ4n) is 2.33. The van der Waals surface area contributed by atoms with Crippen LogP contribution >= 0.6 is 0 Å². The fourth-order valence-corrected chi connectivity index (χ4v) is 3.39. The highest BCUT2D eigenvalue weighted by Gasteiger charge is 2.33. The second-order valence-electron chi connectivity index (χ2n) is 5.80. The van der Waals surface area contributed by atoms with Gasteiger partial charge in [-0.1, -0.05) is 12.1 Å². The molecular weight excluding hydrogens is 461 g/mol. The predicted octanol–water partition coefficient (Wildman–Crippen LogP) is 0.837. The van der Waals surface area contributed by atoms with Crippen LogP contribution in [0.2, 0.25) is 0 Å². The van der Waals surface area contributed by atoms with Crippen LogP contribution in [-0.2, 0) is 10.2 Å². The van der Waals surface area contributed by atoms with E-state index in [-0.39, 0.29) is 11.8 Å². The number of carbonyl (C=O) groups is 2. The van der Waals surface area contributed by atoms with Gasteiger partial charge >= 0.3 is 22.4 Å². The van der Waals surface area contributed by atoms with Crippen molar-refractivity contribution < 1.29 is 40.7 Å². The van der Waals surface area contributed by atoms with Crippen molar-refractivity contribution in [2.45, 2.75) is 6.18 Å². The summed E-state index contributed by atoms with van der Waals surface area (Å²) in [5, 5.41) is 1.64. The van der Waals surface area contributed by atoms with Gasteiger partial charge in [0.1, 0.15) is 6.54 Å². The molecule has 1 aromatic carbocycles. The van der Waals surface area contributed by atoms with E-state index in [1.54, 1.807) is 5.32 Å². The molecule has 0 aliphatic carbocycles. The predicted molar refractivity (Wildman–Crippen MR) is 104 cm³/mol. The molecule has 1 aromatic heterocycles. The average molecular weight is 478 g/mol. The molecule has 32 heavy (non-hydrogen) atoms. The molecule has 2 rings (SSSR count). The lowest BCUT2D eigenvalue weighted by Gasteiger charge is -2.24. The molecule has 0 atom stereocenters. The minimum absolute atomic E-state index is 0.162. The summed E-state index contributed by atoms with van der Waals surface area (Å²) in [7, 11) is -2.48. The van der Waals surface area contributed by atoms with E-state index in [2.05, 4.69) is 9.97 Å². The van der Waals surface area contributed by atoms with Crippen LogP contribution < -0.4 is 29.6 Å². The average Bonchev–Trinajstić information content (AvgIpc) is 2.70. The smallest absolute Gasteiger partial charge is 0.405 e. The zero-order valence-corrected chi connectivity index (χ0v) is 17.3. The SMILES string of the molecule is COc1cc(OC)nc(N(c2ccccc2C(=O)NCC(F)(F)F)S(=O)(=O)NC(N)=O)n1. The molecule has 12 nitrogen and oxygen atoms in total. The van der Waals surface area contributed by atoms with E-state index >= 15 is 0 Å². The summed E-state index contributed by atoms with van der Waals surface area (Å²) in [5.74, 6) is -2.24. The van der Waals surface area contributed by atoms with Crippen LogP contribution in [0.5, 0.6) is 11.8 Å². The topological polar surface area (TPSA) is 166 Å². The highest BCUT2D eigenvalue weighted by molar-refractivity contribution is 7.91. The molecule has 0 saturated carbocycles. The third-order valence-electron chi connectivity index (χ3n) is 3.55.